The van der Waals surface area contributed by atoms with Crippen molar-refractivity contribution >= 4 is 52.9 Å². The largest absolute Gasteiger partial charge is 0.486 e. The van der Waals surface area contributed by atoms with Crippen molar-refractivity contribution in [2.75, 3.05) is 52.6 Å². The predicted molar refractivity (Wildman–Crippen MR) is 252 cm³/mol. The normalized spacial score (nSPS) is 16.8. The maximum Gasteiger partial charge on any atom is 0.274 e. The van der Waals surface area contributed by atoms with Crippen molar-refractivity contribution < 1.29 is 18.9 Å². The van der Waals surface area contributed by atoms with Crippen molar-refractivity contribution in [2.45, 2.75) is 77.0 Å². The summed E-state index contributed by atoms with van der Waals surface area (Å²) >= 11 is 5.78. The zero-order chi connectivity index (χ0) is 41.0. The average Bonchev–Trinajstić information content (AvgIpc) is 3.90. The van der Waals surface area contributed by atoms with E-state index in [-0.39, 0.29) is 50.4 Å². The summed E-state index contributed by atoms with van der Waals surface area (Å²) in [7, 11) is 4.67. The molecule has 4 aliphatic heterocycles. The Morgan fingerprint density at radius 2 is 1.18 bits per heavy atom. The van der Waals surface area contributed by atoms with Crippen molar-refractivity contribution in [2.24, 2.45) is 0 Å². The smallest absolute Gasteiger partial charge is 0.274 e. The first kappa shape index (κ1) is 50.7. The maximum atomic E-state index is 12.5. The lowest BCUT2D eigenvalue weighted by atomic mass is 10.00. The zero-order valence-corrected chi connectivity index (χ0v) is 37.0. The highest BCUT2D eigenvalue weighted by atomic mass is 35.5. The molecule has 338 valence electrons. The number of aromatic amines is 2. The van der Waals surface area contributed by atoms with Gasteiger partial charge in [0.15, 0.2) is 0 Å². The van der Waals surface area contributed by atoms with Crippen molar-refractivity contribution in [3.63, 3.8) is 0 Å². The van der Waals surface area contributed by atoms with E-state index >= 15 is 0 Å². The topological polar surface area (TPSA) is 178 Å². The highest BCUT2D eigenvalue weighted by Gasteiger charge is 2.29. The van der Waals surface area contributed by atoms with E-state index in [1.807, 2.05) is 45.5 Å². The number of imidazole rings is 2. The van der Waals surface area contributed by atoms with Crippen LogP contribution in [0.25, 0.3) is 11.0 Å². The molecule has 0 bridgehead atoms. The van der Waals surface area contributed by atoms with Crippen molar-refractivity contribution in [1.82, 2.24) is 48.9 Å². The molecule has 2 atom stereocenters. The van der Waals surface area contributed by atoms with Crippen molar-refractivity contribution in [1.29, 1.82) is 0 Å². The fourth-order valence-corrected chi connectivity index (χ4v) is 7.48. The molecular formula is C42H60Cl2N10O6P2. The SMILES string of the molecule is C.C.Cl.O=c1[nH]c(CCl)cn2c(C3CCOCC3)ncc12.O=c1[nH]c(CN2CC(Oc3cccnc3)C2)cn2c(C3CCOCC3)ncc12.PP.c1cncc(OC2CNC2)c1. The van der Waals surface area contributed by atoms with Crippen LogP contribution in [0.2, 0.25) is 0 Å². The van der Waals surface area contributed by atoms with Gasteiger partial charge in [-0.15, -0.1) is 41.9 Å². The number of halogens is 2. The van der Waals surface area contributed by atoms with Gasteiger partial charge in [0.05, 0.1) is 30.7 Å². The highest BCUT2D eigenvalue weighted by Crippen LogP contribution is 2.27. The number of H-pyrrole nitrogens is 2. The molecule has 10 rings (SSSR count). The molecule has 0 amide bonds. The van der Waals surface area contributed by atoms with E-state index in [0.29, 0.717) is 41.2 Å². The van der Waals surface area contributed by atoms with Crippen LogP contribution in [-0.2, 0) is 21.9 Å². The van der Waals surface area contributed by atoms with Gasteiger partial charge in [0, 0.05) is 107 Å². The van der Waals surface area contributed by atoms with Crippen LogP contribution < -0.4 is 25.9 Å². The molecule has 6 aromatic heterocycles. The van der Waals surface area contributed by atoms with Gasteiger partial charge in [-0.2, -0.15) is 0 Å². The van der Waals surface area contributed by atoms with E-state index in [4.69, 9.17) is 30.5 Å². The molecule has 0 radical (unpaired) electrons. The molecule has 6 aromatic rings. The minimum absolute atomic E-state index is 0. The second-order valence-electron chi connectivity index (χ2n) is 14.6. The first-order valence-corrected chi connectivity index (χ1v) is 23.0. The standard InChI is InChI=1S/C20H23N5O3.C12H14ClN3O2.C8H10N2O.2CH4.ClH.H4P2/c26-20-18-9-22-19(14-3-6-27-7-4-14)25(18)11-15(23-20)10-24-12-17(13-24)28-16-2-1-5-21-8-16;13-5-9-7-16-10(12(17)15-9)6-14-11(16)8-1-3-18-4-2-8;1-2-7(4-9-3-1)11-8-5-10-6-8;;;;1-2/h1-2,5,8-9,11,14,17H,3-4,6-7,10,12-13H2,(H,23,26);6-8H,1-5H2,(H,15,17);1-4,8,10H,5-6H2;2*1H4;1H;1-2H2. The molecule has 16 nitrogen and oxygen atoms in total. The molecule has 0 saturated carbocycles. The molecule has 2 unspecified atom stereocenters. The summed E-state index contributed by atoms with van der Waals surface area (Å²) in [5.74, 6) is 4.54. The Bertz CT molecular complexity index is 2330. The fourth-order valence-electron chi connectivity index (χ4n) is 7.35. The molecule has 62 heavy (non-hydrogen) atoms. The number of fused-ring (bicyclic) bond motifs is 2. The number of nitrogens with one attached hydrogen (secondary N) is 3. The van der Waals surface area contributed by atoms with Crippen LogP contribution in [0.15, 0.2) is 83.4 Å². The Hall–Kier alpha value is -3.98. The van der Waals surface area contributed by atoms with E-state index in [9.17, 15) is 9.59 Å². The van der Waals surface area contributed by atoms with Crippen LogP contribution in [0.4, 0.5) is 0 Å². The third-order valence-corrected chi connectivity index (χ3v) is 10.8. The van der Waals surface area contributed by atoms with E-state index in [1.54, 1.807) is 37.2 Å². The van der Waals surface area contributed by atoms with Crippen LogP contribution in [-0.4, -0.2) is 108 Å². The van der Waals surface area contributed by atoms with Crippen molar-refractivity contribution in [3.8, 4) is 11.5 Å². The van der Waals surface area contributed by atoms with E-state index < -0.39 is 0 Å². The molecule has 20 heteroatoms. The highest BCUT2D eigenvalue weighted by molar-refractivity contribution is 7.92. The molecule has 4 saturated heterocycles. The number of likely N-dealkylation sites (tertiary alicyclic amines) is 1. The van der Waals surface area contributed by atoms with E-state index in [0.717, 1.165) is 107 Å². The summed E-state index contributed by atoms with van der Waals surface area (Å²) in [6, 6.07) is 7.58. The Morgan fingerprint density at radius 3 is 1.61 bits per heavy atom. The molecule has 10 heterocycles. The number of alkyl halides is 1. The van der Waals surface area contributed by atoms with Crippen LogP contribution >= 0.6 is 41.9 Å². The van der Waals surface area contributed by atoms with E-state index in [1.165, 1.54) is 0 Å². The second kappa shape index (κ2) is 25.3. The summed E-state index contributed by atoms with van der Waals surface area (Å²) in [6.07, 6.45) is 18.4. The second-order valence-corrected chi connectivity index (χ2v) is 14.8. The monoisotopic (exact) mass is 932 g/mol. The lowest BCUT2D eigenvalue weighted by Gasteiger charge is -2.38. The minimum Gasteiger partial charge on any atom is -0.486 e. The third kappa shape index (κ3) is 13.0. The van der Waals surface area contributed by atoms with Crippen LogP contribution in [0, 0.1) is 0 Å². The van der Waals surface area contributed by atoms with Gasteiger partial charge in [-0.25, -0.2) is 9.97 Å². The average molecular weight is 934 g/mol. The molecule has 3 N–H and O–H groups in total. The summed E-state index contributed by atoms with van der Waals surface area (Å²) in [6.45, 7) is 7.25. The molecule has 0 aliphatic carbocycles. The van der Waals surface area contributed by atoms with Crippen LogP contribution in [0.5, 0.6) is 11.5 Å². The number of rotatable bonds is 9. The first-order chi connectivity index (χ1) is 29.0. The quantitative estimate of drug-likeness (QED) is 0.114. The molecule has 0 aromatic carbocycles. The lowest BCUT2D eigenvalue weighted by molar-refractivity contribution is 0.0135. The summed E-state index contributed by atoms with van der Waals surface area (Å²) in [5, 5.41) is 3.14. The first-order valence-electron chi connectivity index (χ1n) is 19.8. The Kier molecular flexibility index (Phi) is 20.7. The van der Waals surface area contributed by atoms with Gasteiger partial charge in [0.25, 0.3) is 11.1 Å². The molecule has 0 spiro atoms. The van der Waals surface area contributed by atoms with Crippen LogP contribution in [0.1, 0.15) is 75.4 Å². The number of aromatic nitrogens is 8. The Balaban J connectivity index is 0.000000214. The lowest BCUT2D eigenvalue weighted by Crippen LogP contribution is -2.53. The predicted octanol–water partition coefficient (Wildman–Crippen LogP) is 6.01. The third-order valence-electron chi connectivity index (χ3n) is 10.5. The number of hydrogen-bond acceptors (Lipinski definition) is 12. The number of hydrogen-bond donors (Lipinski definition) is 3. The fraction of sp³-hybridized carbons (Fsp3) is 0.476. The minimum atomic E-state index is -0.140. The molecule has 4 aliphatic rings. The van der Waals surface area contributed by atoms with Gasteiger partial charge in [0.2, 0.25) is 0 Å². The maximum absolute atomic E-state index is 12.5. The number of nitrogens with zero attached hydrogens (tertiary/aromatic N) is 7. The van der Waals surface area contributed by atoms with E-state index in [2.05, 4.69) is 58.0 Å². The van der Waals surface area contributed by atoms with Gasteiger partial charge in [0.1, 0.15) is 46.4 Å². The van der Waals surface area contributed by atoms with Gasteiger partial charge in [-0.3, -0.25) is 33.3 Å². The number of ether oxygens (including phenoxy) is 4. The number of pyridine rings is 2. The Labute approximate surface area is 378 Å². The Morgan fingerprint density at radius 1 is 0.710 bits per heavy atom. The molecule has 4 fully saturated rings. The van der Waals surface area contributed by atoms with Crippen LogP contribution in [0.3, 0.4) is 0 Å². The zero-order valence-electron chi connectivity index (χ0n) is 33.2. The van der Waals surface area contributed by atoms with Gasteiger partial charge >= 0.3 is 0 Å². The van der Waals surface area contributed by atoms with Gasteiger partial charge < -0.3 is 34.2 Å². The summed E-state index contributed by atoms with van der Waals surface area (Å²) in [5.41, 5.74) is 2.55. The van der Waals surface area contributed by atoms with Gasteiger partial charge in [-0.1, -0.05) is 14.9 Å². The summed E-state index contributed by atoms with van der Waals surface area (Å²) in [4.78, 5) is 49.3. The van der Waals surface area contributed by atoms with Gasteiger partial charge in [-0.05, 0) is 49.9 Å². The summed E-state index contributed by atoms with van der Waals surface area (Å²) < 4.78 is 26.1. The van der Waals surface area contributed by atoms with Crippen molar-refractivity contribution in [3.05, 3.63) is 118 Å². The molecular weight excluding hydrogens is 873 g/mol.